The van der Waals surface area contributed by atoms with Gasteiger partial charge in [0.05, 0.1) is 0 Å². The number of aromatic nitrogens is 2. The number of nitrogens with one attached hydrogen (secondary N) is 1. The summed E-state index contributed by atoms with van der Waals surface area (Å²) < 4.78 is 0. The van der Waals surface area contributed by atoms with E-state index in [1.54, 1.807) is 0 Å². The van der Waals surface area contributed by atoms with E-state index in [-0.39, 0.29) is 0 Å². The highest BCUT2D eigenvalue weighted by Gasteiger charge is 2.30. The molecule has 1 N–H and O–H groups in total. The van der Waals surface area contributed by atoms with Gasteiger partial charge in [-0.1, -0.05) is 19.3 Å². The molecule has 3 nitrogen and oxygen atoms in total. The van der Waals surface area contributed by atoms with Crippen molar-refractivity contribution in [2.75, 3.05) is 13.1 Å². The van der Waals surface area contributed by atoms with Gasteiger partial charge in [-0.2, -0.15) is 5.10 Å². The second kappa shape index (κ2) is 4.58. The average Bonchev–Trinajstić information content (AvgIpc) is 3.01. The van der Waals surface area contributed by atoms with Crippen molar-refractivity contribution in [3.63, 3.8) is 0 Å². The molecule has 0 aromatic carbocycles. The molecule has 0 radical (unpaired) electrons. The maximum Gasteiger partial charge on any atom is 0.0490 e. The number of nitrogens with zero attached hydrogens (tertiary/aromatic N) is 2. The van der Waals surface area contributed by atoms with Gasteiger partial charge in [0.25, 0.3) is 0 Å². The molecule has 0 bridgehead atoms. The minimum absolute atomic E-state index is 0.699. The van der Waals surface area contributed by atoms with Crippen molar-refractivity contribution in [1.29, 1.82) is 0 Å². The molecule has 1 aliphatic carbocycles. The van der Waals surface area contributed by atoms with Gasteiger partial charge in [0.2, 0.25) is 0 Å². The average molecular weight is 219 g/mol. The lowest BCUT2D eigenvalue weighted by molar-refractivity contribution is 0.189. The zero-order valence-corrected chi connectivity index (χ0v) is 9.86. The number of H-pyrrole nitrogens is 1. The van der Waals surface area contributed by atoms with Crippen molar-refractivity contribution in [1.82, 2.24) is 15.1 Å². The molecular weight excluding hydrogens is 198 g/mol. The number of rotatable bonds is 2. The van der Waals surface area contributed by atoms with Gasteiger partial charge >= 0.3 is 0 Å². The number of likely N-dealkylation sites (tertiary alicyclic amines) is 1. The molecule has 0 spiro atoms. The molecule has 1 atom stereocenters. The number of aromatic amines is 1. The van der Waals surface area contributed by atoms with Crippen LogP contribution in [0.5, 0.6) is 0 Å². The van der Waals surface area contributed by atoms with E-state index >= 15 is 0 Å². The van der Waals surface area contributed by atoms with Gasteiger partial charge in [0, 0.05) is 30.4 Å². The van der Waals surface area contributed by atoms with Gasteiger partial charge in [-0.05, 0) is 31.9 Å². The van der Waals surface area contributed by atoms with E-state index in [0.717, 1.165) is 6.04 Å². The van der Waals surface area contributed by atoms with Crippen LogP contribution in [0.15, 0.2) is 12.3 Å². The maximum atomic E-state index is 4.06. The van der Waals surface area contributed by atoms with Crippen LogP contribution >= 0.6 is 0 Å². The quantitative estimate of drug-likeness (QED) is 0.829. The summed E-state index contributed by atoms with van der Waals surface area (Å²) in [4.78, 5) is 2.71. The molecule has 88 valence electrons. The standard InChI is InChI=1S/C13H21N3/c1-2-4-12(5-3-1)16-9-7-11(10-16)13-6-8-14-15-13/h6,8,11-12H,1-5,7,9-10H2,(H,14,15)/t11-/m1/s1. The number of hydrogen-bond acceptors (Lipinski definition) is 2. The molecule has 0 unspecified atom stereocenters. The van der Waals surface area contributed by atoms with Gasteiger partial charge in [-0.25, -0.2) is 0 Å². The van der Waals surface area contributed by atoms with E-state index in [2.05, 4.69) is 21.2 Å². The summed E-state index contributed by atoms with van der Waals surface area (Å²) in [6, 6.07) is 3.01. The van der Waals surface area contributed by atoms with Crippen molar-refractivity contribution in [2.45, 2.75) is 50.5 Å². The van der Waals surface area contributed by atoms with E-state index in [9.17, 15) is 0 Å². The zero-order valence-electron chi connectivity index (χ0n) is 9.86. The Morgan fingerprint density at radius 3 is 2.81 bits per heavy atom. The summed E-state index contributed by atoms with van der Waals surface area (Å²) in [5.74, 6) is 0.699. The first-order valence-electron chi connectivity index (χ1n) is 6.67. The zero-order chi connectivity index (χ0) is 10.8. The summed E-state index contributed by atoms with van der Waals surface area (Å²) in [6.45, 7) is 2.53. The smallest absolute Gasteiger partial charge is 0.0490 e. The second-order valence-corrected chi connectivity index (χ2v) is 5.28. The minimum atomic E-state index is 0.699. The summed E-state index contributed by atoms with van der Waals surface area (Å²) in [5.41, 5.74) is 1.33. The van der Waals surface area contributed by atoms with Crippen molar-refractivity contribution >= 4 is 0 Å². The van der Waals surface area contributed by atoms with Gasteiger partial charge < -0.3 is 0 Å². The molecule has 1 saturated heterocycles. The van der Waals surface area contributed by atoms with Crippen LogP contribution in [0.4, 0.5) is 0 Å². The highest BCUT2D eigenvalue weighted by atomic mass is 15.2. The second-order valence-electron chi connectivity index (χ2n) is 5.28. The summed E-state index contributed by atoms with van der Waals surface area (Å²) >= 11 is 0. The molecule has 1 aromatic rings. The van der Waals surface area contributed by atoms with E-state index < -0.39 is 0 Å². The fraction of sp³-hybridized carbons (Fsp3) is 0.769. The Morgan fingerprint density at radius 2 is 2.06 bits per heavy atom. The summed E-state index contributed by atoms with van der Waals surface area (Å²) in [6.07, 6.45) is 10.4. The summed E-state index contributed by atoms with van der Waals surface area (Å²) in [5, 5.41) is 7.19. The molecular formula is C13H21N3. The van der Waals surface area contributed by atoms with Gasteiger partial charge in [-0.15, -0.1) is 0 Å². The van der Waals surface area contributed by atoms with Crippen LogP contribution in [0.3, 0.4) is 0 Å². The van der Waals surface area contributed by atoms with Crippen LogP contribution < -0.4 is 0 Å². The van der Waals surface area contributed by atoms with Gasteiger partial charge in [0.15, 0.2) is 0 Å². The van der Waals surface area contributed by atoms with E-state index in [1.165, 1.54) is 57.3 Å². The van der Waals surface area contributed by atoms with Gasteiger partial charge in [-0.3, -0.25) is 10.00 Å². The van der Waals surface area contributed by atoms with Crippen LogP contribution in [-0.2, 0) is 0 Å². The van der Waals surface area contributed by atoms with Crippen LogP contribution in [0.2, 0.25) is 0 Å². The van der Waals surface area contributed by atoms with Crippen LogP contribution in [0.25, 0.3) is 0 Å². The molecule has 1 aliphatic heterocycles. The Labute approximate surface area is 97.2 Å². The van der Waals surface area contributed by atoms with Crippen LogP contribution in [-0.4, -0.2) is 34.2 Å². The maximum absolute atomic E-state index is 4.06. The minimum Gasteiger partial charge on any atom is -0.300 e. The fourth-order valence-electron chi connectivity index (χ4n) is 3.31. The largest absolute Gasteiger partial charge is 0.300 e. The van der Waals surface area contributed by atoms with Crippen LogP contribution in [0.1, 0.15) is 50.1 Å². The molecule has 2 heterocycles. The van der Waals surface area contributed by atoms with Gasteiger partial charge in [0.1, 0.15) is 0 Å². The topological polar surface area (TPSA) is 31.9 Å². The molecule has 2 aliphatic rings. The van der Waals surface area contributed by atoms with Crippen molar-refractivity contribution in [2.24, 2.45) is 0 Å². The monoisotopic (exact) mass is 219 g/mol. The highest BCUT2D eigenvalue weighted by molar-refractivity contribution is 5.09. The van der Waals surface area contributed by atoms with E-state index in [4.69, 9.17) is 0 Å². The Morgan fingerprint density at radius 1 is 1.19 bits per heavy atom. The third-order valence-electron chi connectivity index (χ3n) is 4.27. The molecule has 2 fully saturated rings. The lowest BCUT2D eigenvalue weighted by Crippen LogP contribution is -2.34. The highest BCUT2D eigenvalue weighted by Crippen LogP contribution is 2.31. The molecule has 16 heavy (non-hydrogen) atoms. The predicted molar refractivity (Wildman–Crippen MR) is 64.4 cm³/mol. The molecule has 3 rings (SSSR count). The Kier molecular flexibility index (Phi) is 2.96. The Bertz CT molecular complexity index is 314. The molecule has 0 amide bonds. The number of hydrogen-bond donors (Lipinski definition) is 1. The third kappa shape index (κ3) is 2.01. The van der Waals surface area contributed by atoms with Crippen molar-refractivity contribution in [3.05, 3.63) is 18.0 Å². The van der Waals surface area contributed by atoms with Crippen molar-refractivity contribution in [3.8, 4) is 0 Å². The van der Waals surface area contributed by atoms with Crippen LogP contribution in [0, 0.1) is 0 Å². The SMILES string of the molecule is c1cc([C@@H]2CCN(C3CCCCC3)C2)[nH]n1. The fourth-order valence-corrected chi connectivity index (χ4v) is 3.31. The molecule has 1 aromatic heterocycles. The Hall–Kier alpha value is -0.830. The van der Waals surface area contributed by atoms with Crippen molar-refractivity contribution < 1.29 is 0 Å². The first-order chi connectivity index (χ1) is 7.93. The van der Waals surface area contributed by atoms with E-state index in [0.29, 0.717) is 5.92 Å². The van der Waals surface area contributed by atoms with E-state index in [1.807, 2.05) is 6.20 Å². The third-order valence-corrected chi connectivity index (χ3v) is 4.27. The molecule has 3 heteroatoms. The molecule has 1 saturated carbocycles. The lowest BCUT2D eigenvalue weighted by Gasteiger charge is -2.30. The normalized spacial score (nSPS) is 28.6. The first-order valence-corrected chi connectivity index (χ1v) is 6.67. The Balaban J connectivity index is 1.60. The first kappa shape index (κ1) is 10.3. The summed E-state index contributed by atoms with van der Waals surface area (Å²) in [7, 11) is 0. The predicted octanol–water partition coefficient (Wildman–Crippen LogP) is 2.53. The lowest BCUT2D eigenvalue weighted by atomic mass is 9.94.